The molecule has 0 aromatic heterocycles. The quantitative estimate of drug-likeness (QED) is 0.756. The van der Waals surface area contributed by atoms with Gasteiger partial charge < -0.3 is 14.8 Å². The molecule has 0 spiro atoms. The maximum atomic E-state index is 11.6. The van der Waals surface area contributed by atoms with E-state index in [0.29, 0.717) is 36.1 Å². The lowest BCUT2D eigenvalue weighted by molar-refractivity contribution is 0.0526. The molecule has 2 aromatic rings. The summed E-state index contributed by atoms with van der Waals surface area (Å²) < 4.78 is 10.4. The van der Waals surface area contributed by atoms with Crippen LogP contribution in [0.25, 0.3) is 0 Å². The summed E-state index contributed by atoms with van der Waals surface area (Å²) in [6.07, 6.45) is 0. The van der Waals surface area contributed by atoms with Gasteiger partial charge in [-0.25, -0.2) is 4.79 Å². The Kier molecular flexibility index (Phi) is 6.29. The number of hydrogen-bond acceptors (Lipinski definition) is 4. The summed E-state index contributed by atoms with van der Waals surface area (Å²) in [5.74, 6) is 0.383. The van der Waals surface area contributed by atoms with Crippen LogP contribution in [-0.2, 0) is 11.3 Å². The molecule has 5 heteroatoms. The molecular weight excluding hydrogens is 314 g/mol. The van der Waals surface area contributed by atoms with Gasteiger partial charge in [0, 0.05) is 12.2 Å². The molecule has 0 radical (unpaired) electrons. The first-order chi connectivity index (χ1) is 11.1. The number of ether oxygens (including phenoxy) is 2. The fourth-order valence-electron chi connectivity index (χ4n) is 2.07. The Morgan fingerprint density at radius 1 is 1.09 bits per heavy atom. The fourth-order valence-corrected chi connectivity index (χ4v) is 2.33. The van der Waals surface area contributed by atoms with Crippen LogP contribution in [-0.4, -0.2) is 19.2 Å². The second-order valence-electron chi connectivity index (χ2n) is 4.85. The lowest BCUT2D eigenvalue weighted by Gasteiger charge is -2.10. The number of rotatable bonds is 7. The van der Waals surface area contributed by atoms with Crippen LogP contribution in [0.1, 0.15) is 29.8 Å². The summed E-state index contributed by atoms with van der Waals surface area (Å²) in [5.41, 5.74) is 2.51. The van der Waals surface area contributed by atoms with Gasteiger partial charge in [-0.3, -0.25) is 0 Å². The highest BCUT2D eigenvalue weighted by Gasteiger charge is 2.06. The maximum absolute atomic E-state index is 11.6. The van der Waals surface area contributed by atoms with Gasteiger partial charge in [-0.05, 0) is 55.8 Å². The molecule has 0 heterocycles. The molecule has 122 valence electrons. The van der Waals surface area contributed by atoms with Gasteiger partial charge in [0.25, 0.3) is 0 Å². The van der Waals surface area contributed by atoms with Gasteiger partial charge in [-0.15, -0.1) is 0 Å². The van der Waals surface area contributed by atoms with E-state index in [9.17, 15) is 4.79 Å². The van der Waals surface area contributed by atoms with Crippen molar-refractivity contribution in [3.63, 3.8) is 0 Å². The molecule has 0 saturated carbocycles. The van der Waals surface area contributed by atoms with E-state index >= 15 is 0 Å². The van der Waals surface area contributed by atoms with Crippen molar-refractivity contribution in [3.05, 3.63) is 58.6 Å². The normalized spacial score (nSPS) is 10.2. The van der Waals surface area contributed by atoms with Gasteiger partial charge in [-0.1, -0.05) is 17.7 Å². The average molecular weight is 334 g/mol. The molecule has 0 unspecified atom stereocenters. The topological polar surface area (TPSA) is 47.6 Å². The van der Waals surface area contributed by atoms with Crippen molar-refractivity contribution in [1.82, 2.24) is 0 Å². The van der Waals surface area contributed by atoms with Crippen molar-refractivity contribution in [1.29, 1.82) is 0 Å². The van der Waals surface area contributed by atoms with Crippen molar-refractivity contribution in [2.24, 2.45) is 0 Å². The summed E-state index contributed by atoms with van der Waals surface area (Å²) in [7, 11) is 0. The van der Waals surface area contributed by atoms with Crippen LogP contribution in [0.3, 0.4) is 0 Å². The summed E-state index contributed by atoms with van der Waals surface area (Å²) in [6, 6.07) is 12.9. The standard InChI is InChI=1S/C18H20ClNO3/c1-3-22-17-10-5-13(11-16(17)19)12-20-15-8-6-14(7-9-15)18(21)23-4-2/h5-11,20H,3-4,12H2,1-2H3. The third-order valence-electron chi connectivity index (χ3n) is 3.19. The Morgan fingerprint density at radius 2 is 1.83 bits per heavy atom. The first-order valence-electron chi connectivity index (χ1n) is 7.56. The van der Waals surface area contributed by atoms with Gasteiger partial charge in [0.1, 0.15) is 5.75 Å². The lowest BCUT2D eigenvalue weighted by Crippen LogP contribution is -2.05. The summed E-state index contributed by atoms with van der Waals surface area (Å²) >= 11 is 6.17. The lowest BCUT2D eigenvalue weighted by atomic mass is 10.2. The zero-order chi connectivity index (χ0) is 16.7. The van der Waals surface area contributed by atoms with Crippen molar-refractivity contribution in [3.8, 4) is 5.75 Å². The number of halogens is 1. The minimum absolute atomic E-state index is 0.308. The van der Waals surface area contributed by atoms with E-state index in [0.717, 1.165) is 11.3 Å². The van der Waals surface area contributed by atoms with Crippen LogP contribution in [0.4, 0.5) is 5.69 Å². The fraction of sp³-hybridized carbons (Fsp3) is 0.278. The number of carbonyl (C=O) groups excluding carboxylic acids is 1. The van der Waals surface area contributed by atoms with Gasteiger partial charge in [0.15, 0.2) is 0 Å². The Labute approximate surface area is 141 Å². The number of hydrogen-bond donors (Lipinski definition) is 1. The van der Waals surface area contributed by atoms with Crippen molar-refractivity contribution in [2.45, 2.75) is 20.4 Å². The molecule has 2 rings (SSSR count). The molecule has 0 amide bonds. The van der Waals surface area contributed by atoms with E-state index in [1.807, 2.05) is 37.3 Å². The van der Waals surface area contributed by atoms with Gasteiger partial charge >= 0.3 is 5.97 Å². The number of esters is 1. The zero-order valence-corrected chi connectivity index (χ0v) is 14.0. The van der Waals surface area contributed by atoms with E-state index in [-0.39, 0.29) is 5.97 Å². The van der Waals surface area contributed by atoms with Gasteiger partial charge in [-0.2, -0.15) is 0 Å². The van der Waals surface area contributed by atoms with Crippen molar-refractivity contribution in [2.75, 3.05) is 18.5 Å². The van der Waals surface area contributed by atoms with E-state index in [2.05, 4.69) is 5.32 Å². The molecule has 0 saturated heterocycles. The van der Waals surface area contributed by atoms with Crippen LogP contribution in [0.2, 0.25) is 5.02 Å². The second kappa shape index (κ2) is 8.44. The molecule has 0 aliphatic heterocycles. The van der Waals surface area contributed by atoms with Crippen LogP contribution in [0.5, 0.6) is 5.75 Å². The van der Waals surface area contributed by atoms with E-state index in [4.69, 9.17) is 21.1 Å². The molecule has 1 N–H and O–H groups in total. The molecule has 0 aliphatic carbocycles. The monoisotopic (exact) mass is 333 g/mol. The minimum Gasteiger partial charge on any atom is -0.492 e. The average Bonchev–Trinajstić information content (AvgIpc) is 2.56. The summed E-state index contributed by atoms with van der Waals surface area (Å²) in [4.78, 5) is 11.6. The maximum Gasteiger partial charge on any atom is 0.338 e. The van der Waals surface area contributed by atoms with Crippen molar-refractivity contribution < 1.29 is 14.3 Å². The smallest absolute Gasteiger partial charge is 0.338 e. The number of benzene rings is 2. The minimum atomic E-state index is -0.308. The number of anilines is 1. The number of carbonyl (C=O) groups is 1. The highest BCUT2D eigenvalue weighted by molar-refractivity contribution is 6.32. The first-order valence-corrected chi connectivity index (χ1v) is 7.94. The zero-order valence-electron chi connectivity index (χ0n) is 13.3. The first kappa shape index (κ1) is 17.2. The summed E-state index contributed by atoms with van der Waals surface area (Å²) in [5, 5.41) is 3.89. The molecule has 23 heavy (non-hydrogen) atoms. The van der Waals surface area contributed by atoms with Crippen LogP contribution in [0, 0.1) is 0 Å². The molecule has 0 bridgehead atoms. The second-order valence-corrected chi connectivity index (χ2v) is 5.26. The molecule has 0 fully saturated rings. The highest BCUT2D eigenvalue weighted by Crippen LogP contribution is 2.25. The highest BCUT2D eigenvalue weighted by atomic mass is 35.5. The Morgan fingerprint density at radius 3 is 2.43 bits per heavy atom. The van der Waals surface area contributed by atoms with Gasteiger partial charge in [0.05, 0.1) is 23.8 Å². The van der Waals surface area contributed by atoms with Crippen LogP contribution >= 0.6 is 11.6 Å². The van der Waals surface area contributed by atoms with Crippen LogP contribution in [0.15, 0.2) is 42.5 Å². The van der Waals surface area contributed by atoms with Crippen LogP contribution < -0.4 is 10.1 Å². The predicted molar refractivity (Wildman–Crippen MR) is 92.3 cm³/mol. The predicted octanol–water partition coefficient (Wildman–Crippen LogP) is 4.53. The van der Waals surface area contributed by atoms with Crippen molar-refractivity contribution >= 4 is 23.3 Å². The Bertz CT molecular complexity index is 656. The molecule has 0 aliphatic rings. The molecule has 2 aromatic carbocycles. The third kappa shape index (κ3) is 4.89. The summed E-state index contributed by atoms with van der Waals surface area (Å²) in [6.45, 7) is 5.30. The Balaban J connectivity index is 1.95. The van der Waals surface area contributed by atoms with E-state index < -0.39 is 0 Å². The van der Waals surface area contributed by atoms with E-state index in [1.54, 1.807) is 19.1 Å². The van der Waals surface area contributed by atoms with E-state index in [1.165, 1.54) is 0 Å². The third-order valence-corrected chi connectivity index (χ3v) is 3.48. The largest absolute Gasteiger partial charge is 0.492 e. The molecular formula is C18H20ClNO3. The Hall–Kier alpha value is -2.20. The van der Waals surface area contributed by atoms with Gasteiger partial charge in [0.2, 0.25) is 0 Å². The SMILES string of the molecule is CCOC(=O)c1ccc(NCc2ccc(OCC)c(Cl)c2)cc1. The molecule has 4 nitrogen and oxygen atoms in total. The number of nitrogens with one attached hydrogen (secondary N) is 1. The molecule has 0 atom stereocenters.